The molecule has 0 saturated heterocycles. The first-order valence-electron chi connectivity index (χ1n) is 10.1. The highest BCUT2D eigenvalue weighted by atomic mass is 35.5. The lowest BCUT2D eigenvalue weighted by molar-refractivity contribution is -0.114. The molecule has 0 unspecified atom stereocenters. The lowest BCUT2D eigenvalue weighted by Gasteiger charge is -2.20. The lowest BCUT2D eigenvalue weighted by atomic mass is 10.1. The van der Waals surface area contributed by atoms with Gasteiger partial charge >= 0.3 is 5.97 Å². The van der Waals surface area contributed by atoms with E-state index in [-0.39, 0.29) is 17.2 Å². The van der Waals surface area contributed by atoms with Crippen LogP contribution in [0.25, 0.3) is 6.08 Å². The first-order chi connectivity index (χ1) is 15.9. The summed E-state index contributed by atoms with van der Waals surface area (Å²) < 4.78 is 11.1. The summed E-state index contributed by atoms with van der Waals surface area (Å²) in [6.45, 7) is 4.10. The number of carbonyl (C=O) groups excluding carboxylic acids is 2. The normalized spacial score (nSPS) is 16.5. The van der Waals surface area contributed by atoms with Gasteiger partial charge < -0.3 is 9.47 Å². The maximum atomic E-state index is 12.6. The molecule has 2 aliphatic rings. The maximum Gasteiger partial charge on any atom is 0.343 e. The largest absolute Gasteiger partial charge is 0.490 e. The van der Waals surface area contributed by atoms with Crippen LogP contribution in [-0.2, 0) is 4.79 Å². The molecule has 0 bridgehead atoms. The van der Waals surface area contributed by atoms with E-state index in [9.17, 15) is 9.59 Å². The SMILES string of the molecule is CCOc1cc(/C=C2/C(=N)N3N=C(CC)SC3=NC2=O)ccc1OC(=O)c1ccc(Cl)cc1. The van der Waals surface area contributed by atoms with Crippen LogP contribution in [0.4, 0.5) is 0 Å². The highest BCUT2D eigenvalue weighted by Crippen LogP contribution is 2.32. The van der Waals surface area contributed by atoms with E-state index in [2.05, 4.69) is 10.1 Å². The van der Waals surface area contributed by atoms with Crippen LogP contribution in [0.2, 0.25) is 5.02 Å². The zero-order valence-corrected chi connectivity index (χ0v) is 19.4. The summed E-state index contributed by atoms with van der Waals surface area (Å²) in [4.78, 5) is 29.1. The van der Waals surface area contributed by atoms with Gasteiger partial charge in [0.25, 0.3) is 5.91 Å². The molecule has 0 atom stereocenters. The first-order valence-corrected chi connectivity index (χ1v) is 11.3. The number of amides is 1. The van der Waals surface area contributed by atoms with Gasteiger partial charge in [-0.1, -0.05) is 24.6 Å². The number of carbonyl (C=O) groups is 2. The van der Waals surface area contributed by atoms with Crippen molar-refractivity contribution in [3.63, 3.8) is 0 Å². The topological polar surface area (TPSA) is 104 Å². The van der Waals surface area contributed by atoms with E-state index in [1.807, 2.05) is 6.92 Å². The highest BCUT2D eigenvalue weighted by Gasteiger charge is 2.35. The molecule has 0 fully saturated rings. The van der Waals surface area contributed by atoms with Crippen LogP contribution in [0.15, 0.2) is 58.1 Å². The molecule has 4 rings (SSSR count). The summed E-state index contributed by atoms with van der Waals surface area (Å²) >= 11 is 7.16. The number of ether oxygens (including phenoxy) is 2. The van der Waals surface area contributed by atoms with Gasteiger partial charge in [-0.25, -0.2) is 4.79 Å². The molecule has 10 heteroatoms. The summed E-state index contributed by atoms with van der Waals surface area (Å²) in [5.41, 5.74) is 1.04. The van der Waals surface area contributed by atoms with Crippen LogP contribution < -0.4 is 9.47 Å². The Morgan fingerprint density at radius 1 is 1.18 bits per heavy atom. The Kier molecular flexibility index (Phi) is 6.62. The second kappa shape index (κ2) is 9.60. The van der Waals surface area contributed by atoms with Gasteiger partial charge in [0.2, 0.25) is 5.17 Å². The summed E-state index contributed by atoms with van der Waals surface area (Å²) in [6, 6.07) is 11.2. The van der Waals surface area contributed by atoms with Crippen LogP contribution in [0.5, 0.6) is 11.5 Å². The molecular weight excluding hydrogens is 464 g/mol. The number of halogens is 1. The minimum Gasteiger partial charge on any atom is -0.490 e. The average molecular weight is 483 g/mol. The lowest BCUT2D eigenvalue weighted by Crippen LogP contribution is -2.35. The third-order valence-electron chi connectivity index (χ3n) is 4.66. The van der Waals surface area contributed by atoms with E-state index in [1.165, 1.54) is 16.8 Å². The predicted octanol–water partition coefficient (Wildman–Crippen LogP) is 4.99. The molecule has 2 aliphatic heterocycles. The number of hydrazone groups is 1. The van der Waals surface area contributed by atoms with E-state index in [0.29, 0.717) is 40.1 Å². The molecule has 8 nitrogen and oxygen atoms in total. The standard InChI is InChI=1S/C23H19ClN4O4S/c1-3-19-27-28-20(25)16(21(29)26-23(28)33-19)11-13-5-10-17(18(12-13)31-4-2)32-22(30)14-6-8-15(24)9-7-14/h5-12,25H,3-4H2,1-2H3/b16-11-,25-20?. The van der Waals surface area contributed by atoms with Gasteiger partial charge in [0, 0.05) is 5.02 Å². The Labute approximate surface area is 199 Å². The molecule has 2 aromatic rings. The number of esters is 1. The second-order valence-electron chi connectivity index (χ2n) is 6.90. The van der Waals surface area contributed by atoms with E-state index >= 15 is 0 Å². The Bertz CT molecular complexity index is 1240. The van der Waals surface area contributed by atoms with Gasteiger partial charge in [-0.15, -0.1) is 0 Å². The fraction of sp³-hybridized carbons (Fsp3) is 0.174. The van der Waals surface area contributed by atoms with Gasteiger partial charge in [-0.05, 0) is 73.1 Å². The van der Waals surface area contributed by atoms with Crippen molar-refractivity contribution in [2.75, 3.05) is 6.61 Å². The van der Waals surface area contributed by atoms with Crippen molar-refractivity contribution in [3.8, 4) is 11.5 Å². The Morgan fingerprint density at radius 2 is 1.94 bits per heavy atom. The summed E-state index contributed by atoms with van der Waals surface area (Å²) in [7, 11) is 0. The monoisotopic (exact) mass is 482 g/mol. The van der Waals surface area contributed by atoms with Gasteiger partial charge in [0.05, 0.1) is 17.7 Å². The number of benzene rings is 2. The Balaban J connectivity index is 1.61. The molecular formula is C23H19ClN4O4S. The molecule has 0 spiro atoms. The van der Waals surface area contributed by atoms with Crippen LogP contribution in [0.3, 0.4) is 0 Å². The molecule has 0 aliphatic carbocycles. The number of thioether (sulfide) groups is 1. The third-order valence-corrected chi connectivity index (χ3v) is 5.96. The minimum absolute atomic E-state index is 0.0443. The first kappa shape index (κ1) is 22.8. The number of nitrogens with zero attached hydrogens (tertiary/aromatic N) is 3. The molecule has 1 N–H and O–H groups in total. The third kappa shape index (κ3) is 4.84. The quantitative estimate of drug-likeness (QED) is 0.353. The number of fused-ring (bicyclic) bond motifs is 1. The fourth-order valence-electron chi connectivity index (χ4n) is 3.05. The molecule has 0 saturated carbocycles. The molecule has 0 aromatic heterocycles. The van der Waals surface area contributed by atoms with Crippen molar-refractivity contribution < 1.29 is 19.1 Å². The van der Waals surface area contributed by atoms with Crippen LogP contribution in [-0.4, -0.2) is 39.5 Å². The van der Waals surface area contributed by atoms with Crippen molar-refractivity contribution >= 4 is 57.4 Å². The summed E-state index contributed by atoms with van der Waals surface area (Å²) in [5.74, 6) is -0.547. The van der Waals surface area contributed by atoms with E-state index in [1.54, 1.807) is 55.5 Å². The fourth-order valence-corrected chi connectivity index (χ4v) is 4.00. The Hall–Kier alpha value is -3.43. The van der Waals surface area contributed by atoms with Crippen molar-refractivity contribution in [1.82, 2.24) is 5.01 Å². The van der Waals surface area contributed by atoms with Gasteiger partial charge in [-0.3, -0.25) is 10.2 Å². The van der Waals surface area contributed by atoms with Crippen LogP contribution in [0, 0.1) is 5.41 Å². The second-order valence-corrected chi connectivity index (χ2v) is 8.38. The molecule has 0 radical (unpaired) electrons. The van der Waals surface area contributed by atoms with Crippen LogP contribution >= 0.6 is 23.4 Å². The number of amidine groups is 2. The average Bonchev–Trinajstić information content (AvgIpc) is 3.22. The van der Waals surface area contributed by atoms with E-state index < -0.39 is 11.9 Å². The maximum absolute atomic E-state index is 12.6. The summed E-state index contributed by atoms with van der Waals surface area (Å²) in [5, 5.41) is 15.8. The smallest absolute Gasteiger partial charge is 0.343 e. The predicted molar refractivity (Wildman–Crippen MR) is 129 cm³/mol. The molecule has 168 valence electrons. The number of aliphatic imine (C=N–C) groups is 1. The van der Waals surface area contributed by atoms with Gasteiger partial charge in [0.15, 0.2) is 17.3 Å². The number of hydrogen-bond donors (Lipinski definition) is 1. The zero-order valence-electron chi connectivity index (χ0n) is 17.8. The van der Waals surface area contributed by atoms with Gasteiger partial charge in [0.1, 0.15) is 5.04 Å². The van der Waals surface area contributed by atoms with E-state index in [4.69, 9.17) is 26.5 Å². The number of nitrogens with one attached hydrogen (secondary N) is 1. The number of rotatable bonds is 6. The molecule has 2 aromatic carbocycles. The van der Waals surface area contributed by atoms with Crippen molar-refractivity contribution in [3.05, 3.63) is 64.2 Å². The minimum atomic E-state index is -0.555. The van der Waals surface area contributed by atoms with Crippen molar-refractivity contribution in [2.24, 2.45) is 10.1 Å². The van der Waals surface area contributed by atoms with Crippen LogP contribution in [0.1, 0.15) is 36.2 Å². The van der Waals surface area contributed by atoms with Crippen molar-refractivity contribution in [1.29, 1.82) is 5.41 Å². The molecule has 33 heavy (non-hydrogen) atoms. The highest BCUT2D eigenvalue weighted by molar-refractivity contribution is 8.26. The Morgan fingerprint density at radius 3 is 2.64 bits per heavy atom. The molecule has 2 heterocycles. The summed E-state index contributed by atoms with van der Waals surface area (Å²) in [6.07, 6.45) is 2.23. The number of hydrogen-bond acceptors (Lipinski definition) is 7. The van der Waals surface area contributed by atoms with Crippen molar-refractivity contribution in [2.45, 2.75) is 20.3 Å². The van der Waals surface area contributed by atoms with Gasteiger partial charge in [-0.2, -0.15) is 15.1 Å². The molecule has 1 amide bonds. The zero-order chi connectivity index (χ0) is 23.5. The van der Waals surface area contributed by atoms with E-state index in [0.717, 1.165) is 5.04 Å².